The lowest BCUT2D eigenvalue weighted by molar-refractivity contribution is -0.131. The third-order valence-corrected chi connectivity index (χ3v) is 5.60. The van der Waals surface area contributed by atoms with Crippen molar-refractivity contribution in [3.63, 3.8) is 0 Å². The second kappa shape index (κ2) is 5.28. The molecule has 1 saturated carbocycles. The number of ketones is 1. The minimum absolute atomic E-state index is 0.165. The number of carbonyl (C=O) groups excluding carboxylic acids is 1. The van der Waals surface area contributed by atoms with Crippen molar-refractivity contribution in [1.82, 2.24) is 9.78 Å². The lowest BCUT2D eigenvalue weighted by atomic mass is 9.66. The van der Waals surface area contributed by atoms with Gasteiger partial charge in [0.05, 0.1) is 18.2 Å². The fourth-order valence-corrected chi connectivity index (χ4v) is 4.09. The summed E-state index contributed by atoms with van der Waals surface area (Å²) in [6, 6.07) is 6.77. The van der Waals surface area contributed by atoms with Crippen LogP contribution >= 0.6 is 15.9 Å². The summed E-state index contributed by atoms with van der Waals surface area (Å²) in [5.74, 6) is 0.680. The quantitative estimate of drug-likeness (QED) is 0.802. The average molecular weight is 388 g/mol. The lowest BCUT2D eigenvalue weighted by Gasteiger charge is -2.41. The van der Waals surface area contributed by atoms with E-state index < -0.39 is 5.41 Å². The first-order valence-electron chi connectivity index (χ1n) is 8.02. The number of nitrogens with zero attached hydrogens (tertiary/aromatic N) is 3. The van der Waals surface area contributed by atoms with Gasteiger partial charge in [0.15, 0.2) is 5.82 Å². The summed E-state index contributed by atoms with van der Waals surface area (Å²) in [5.41, 5.74) is 1.20. The number of halogens is 1. The average Bonchev–Trinajstić information content (AvgIpc) is 3.00. The Morgan fingerprint density at radius 1 is 1.33 bits per heavy atom. The van der Waals surface area contributed by atoms with Crippen LogP contribution in [0.3, 0.4) is 0 Å². The van der Waals surface area contributed by atoms with Crippen LogP contribution in [0.1, 0.15) is 38.3 Å². The van der Waals surface area contributed by atoms with Gasteiger partial charge >= 0.3 is 0 Å². The number of aliphatic imine (C=N–C) groups is 1. The van der Waals surface area contributed by atoms with Gasteiger partial charge < -0.3 is 5.11 Å². The van der Waals surface area contributed by atoms with Crippen molar-refractivity contribution in [2.45, 2.75) is 32.7 Å². The first-order valence-corrected chi connectivity index (χ1v) is 8.81. The van der Waals surface area contributed by atoms with Crippen molar-refractivity contribution >= 4 is 33.2 Å². The zero-order chi connectivity index (χ0) is 17.1. The summed E-state index contributed by atoms with van der Waals surface area (Å²) in [5, 5.41) is 14.8. The molecule has 1 aliphatic heterocycles. The molecule has 1 fully saturated rings. The van der Waals surface area contributed by atoms with Crippen LogP contribution in [-0.2, 0) is 4.79 Å². The van der Waals surface area contributed by atoms with E-state index in [4.69, 9.17) is 0 Å². The van der Waals surface area contributed by atoms with E-state index in [1.807, 2.05) is 26.0 Å². The highest BCUT2D eigenvalue weighted by atomic mass is 79.9. The topological polar surface area (TPSA) is 67.5 Å². The predicted octanol–water partition coefficient (Wildman–Crippen LogP) is 4.03. The molecule has 1 N–H and O–H groups in total. The van der Waals surface area contributed by atoms with Gasteiger partial charge in [-0.25, -0.2) is 9.67 Å². The fourth-order valence-electron chi connectivity index (χ4n) is 3.71. The Bertz CT molecular complexity index is 869. The molecule has 0 amide bonds. The number of Topliss-reactive ketones (excluding diaryl/α,β-unsaturated/α-hetero) is 1. The molecule has 6 heteroatoms. The molecule has 2 atom stereocenters. The number of fused-ring (bicyclic) bond motifs is 2. The van der Waals surface area contributed by atoms with Crippen molar-refractivity contribution in [3.8, 4) is 5.75 Å². The second-order valence-electron chi connectivity index (χ2n) is 7.11. The highest BCUT2D eigenvalue weighted by Crippen LogP contribution is 2.47. The molecule has 0 saturated heterocycles. The molecule has 2 heterocycles. The summed E-state index contributed by atoms with van der Waals surface area (Å²) in [6.07, 6.45) is 3.28. The molecule has 2 unspecified atom stereocenters. The number of phenols is 1. The van der Waals surface area contributed by atoms with Gasteiger partial charge in [-0.05, 0) is 31.0 Å². The van der Waals surface area contributed by atoms with Gasteiger partial charge in [0, 0.05) is 27.2 Å². The van der Waals surface area contributed by atoms with E-state index >= 15 is 0 Å². The standard InChI is InChI=1S/C18H18BrN3O2/c1-18(2)7-5-12-15(17(18)24)16(22-14(21-12)6-8-20-22)11-9-10(19)3-4-13(11)23/h3-4,6,8-9,15-16,23H,5,7H2,1-2H3. The van der Waals surface area contributed by atoms with Crippen LogP contribution in [0.4, 0.5) is 5.82 Å². The molecule has 124 valence electrons. The number of hydrogen-bond acceptors (Lipinski definition) is 4. The monoisotopic (exact) mass is 387 g/mol. The molecular formula is C18H18BrN3O2. The molecule has 24 heavy (non-hydrogen) atoms. The van der Waals surface area contributed by atoms with E-state index in [2.05, 4.69) is 26.0 Å². The number of rotatable bonds is 1. The smallest absolute Gasteiger partial charge is 0.150 e. The van der Waals surface area contributed by atoms with E-state index in [1.54, 1.807) is 23.0 Å². The van der Waals surface area contributed by atoms with Crippen LogP contribution in [0.5, 0.6) is 5.75 Å². The van der Waals surface area contributed by atoms with Gasteiger partial charge in [-0.15, -0.1) is 0 Å². The van der Waals surface area contributed by atoms with Gasteiger partial charge in [-0.2, -0.15) is 5.10 Å². The summed E-state index contributed by atoms with van der Waals surface area (Å²) in [7, 11) is 0. The van der Waals surface area contributed by atoms with Gasteiger partial charge in [-0.3, -0.25) is 4.79 Å². The Morgan fingerprint density at radius 2 is 2.12 bits per heavy atom. The zero-order valence-corrected chi connectivity index (χ0v) is 15.1. The summed E-state index contributed by atoms with van der Waals surface area (Å²) in [4.78, 5) is 17.9. The van der Waals surface area contributed by atoms with Crippen LogP contribution in [0.15, 0.2) is 39.9 Å². The third kappa shape index (κ3) is 2.24. The van der Waals surface area contributed by atoms with Crippen LogP contribution in [0.25, 0.3) is 0 Å². The van der Waals surface area contributed by atoms with E-state index in [0.717, 1.165) is 28.8 Å². The summed E-state index contributed by atoms with van der Waals surface area (Å²) in [6.45, 7) is 3.98. The van der Waals surface area contributed by atoms with Crippen LogP contribution in [0.2, 0.25) is 0 Å². The normalized spacial score (nSPS) is 25.0. The SMILES string of the molecule is CC1(C)CCC2=Nc3ccnn3C(c3cc(Br)ccc3O)C2C1=O. The number of carbonyl (C=O) groups is 1. The maximum atomic E-state index is 13.2. The predicted molar refractivity (Wildman–Crippen MR) is 94.8 cm³/mol. The molecule has 0 bridgehead atoms. The number of benzene rings is 1. The zero-order valence-electron chi connectivity index (χ0n) is 13.5. The molecule has 2 aliphatic rings. The number of aromatic nitrogens is 2. The molecule has 1 aromatic heterocycles. The van der Waals surface area contributed by atoms with Crippen molar-refractivity contribution in [3.05, 3.63) is 40.5 Å². The van der Waals surface area contributed by atoms with Crippen LogP contribution < -0.4 is 0 Å². The molecule has 0 radical (unpaired) electrons. The minimum atomic E-state index is -0.395. The second-order valence-corrected chi connectivity index (χ2v) is 8.03. The van der Waals surface area contributed by atoms with Crippen LogP contribution in [-0.4, -0.2) is 26.4 Å². The van der Waals surface area contributed by atoms with Gasteiger partial charge in [-0.1, -0.05) is 29.8 Å². The Balaban J connectivity index is 1.94. The van der Waals surface area contributed by atoms with Gasteiger partial charge in [0.25, 0.3) is 0 Å². The highest BCUT2D eigenvalue weighted by molar-refractivity contribution is 9.10. The number of hydrogen-bond donors (Lipinski definition) is 1. The third-order valence-electron chi connectivity index (χ3n) is 5.11. The molecular weight excluding hydrogens is 370 g/mol. The fraction of sp³-hybridized carbons (Fsp3) is 0.389. The van der Waals surface area contributed by atoms with Crippen molar-refractivity contribution in [2.75, 3.05) is 0 Å². The van der Waals surface area contributed by atoms with E-state index in [-0.39, 0.29) is 23.5 Å². The van der Waals surface area contributed by atoms with Crippen molar-refractivity contribution in [1.29, 1.82) is 0 Å². The van der Waals surface area contributed by atoms with E-state index in [9.17, 15) is 9.90 Å². The highest BCUT2D eigenvalue weighted by Gasteiger charge is 2.48. The van der Waals surface area contributed by atoms with Crippen LogP contribution in [0, 0.1) is 11.3 Å². The largest absolute Gasteiger partial charge is 0.508 e. The first-order chi connectivity index (χ1) is 11.4. The number of aromatic hydroxyl groups is 1. The Labute approximate surface area is 148 Å². The maximum Gasteiger partial charge on any atom is 0.150 e. The molecule has 0 spiro atoms. The van der Waals surface area contributed by atoms with E-state index in [1.165, 1.54) is 0 Å². The van der Waals surface area contributed by atoms with Gasteiger partial charge in [0.2, 0.25) is 0 Å². The van der Waals surface area contributed by atoms with Gasteiger partial charge in [0.1, 0.15) is 11.5 Å². The molecule has 1 aliphatic carbocycles. The summed E-state index contributed by atoms with van der Waals surface area (Å²) < 4.78 is 2.62. The number of phenolic OH excluding ortho intramolecular Hbond substituents is 1. The lowest BCUT2D eigenvalue weighted by Crippen LogP contribution is -2.46. The van der Waals surface area contributed by atoms with Crippen molar-refractivity contribution < 1.29 is 9.90 Å². The Morgan fingerprint density at radius 3 is 2.92 bits per heavy atom. The van der Waals surface area contributed by atoms with Crippen molar-refractivity contribution in [2.24, 2.45) is 16.3 Å². The molecule has 4 rings (SSSR count). The molecule has 1 aromatic carbocycles. The maximum absolute atomic E-state index is 13.2. The Hall–Kier alpha value is -1.95. The molecule has 2 aromatic rings. The minimum Gasteiger partial charge on any atom is -0.508 e. The Kier molecular flexibility index (Phi) is 3.42. The van der Waals surface area contributed by atoms with E-state index in [0.29, 0.717) is 5.56 Å². The summed E-state index contributed by atoms with van der Waals surface area (Å²) >= 11 is 3.46. The molecule has 5 nitrogen and oxygen atoms in total. The first kappa shape index (κ1) is 15.6.